The largest absolute Gasteiger partial charge is 0.481 e. The molecule has 0 spiro atoms. The molecule has 2 rings (SSSR count). The van der Waals surface area contributed by atoms with Gasteiger partial charge in [-0.25, -0.2) is 0 Å². The van der Waals surface area contributed by atoms with Crippen LogP contribution in [0.5, 0.6) is 0 Å². The third-order valence-corrected chi connectivity index (χ3v) is 4.66. The van der Waals surface area contributed by atoms with Gasteiger partial charge in [-0.05, 0) is 44.9 Å². The molecule has 3 N–H and O–H groups in total. The van der Waals surface area contributed by atoms with Crippen molar-refractivity contribution in [3.05, 3.63) is 0 Å². The molecule has 1 saturated heterocycles. The molecule has 1 saturated carbocycles. The predicted molar refractivity (Wildman–Crippen MR) is 70.9 cm³/mol. The fraction of sp³-hybridized carbons (Fsp3) is 0.929. The zero-order valence-corrected chi connectivity index (χ0v) is 11.6. The average molecular weight is 271 g/mol. The lowest BCUT2D eigenvalue weighted by Gasteiger charge is -2.35. The highest BCUT2D eigenvalue weighted by molar-refractivity contribution is 5.70. The van der Waals surface area contributed by atoms with Crippen LogP contribution in [0.25, 0.3) is 0 Å². The maximum atomic E-state index is 10.9. The van der Waals surface area contributed by atoms with E-state index in [1.165, 1.54) is 0 Å². The monoisotopic (exact) mass is 271 g/mol. The van der Waals surface area contributed by atoms with E-state index in [2.05, 4.69) is 12.2 Å². The molecule has 0 aromatic heterocycles. The molecule has 5 heteroatoms. The Bertz CT molecular complexity index is 313. The fourth-order valence-corrected chi connectivity index (χ4v) is 3.11. The van der Waals surface area contributed by atoms with Gasteiger partial charge in [0.05, 0.1) is 17.6 Å². The number of nitrogens with one attached hydrogen (secondary N) is 1. The standard InChI is InChI=1S/C14H25NO4/c1-10-12(4-7-19-10)8-15-9-14(18)5-2-11(3-6-14)13(16)17/h10-12,15,18H,2-9H2,1H3,(H,16,17). The normalized spacial score (nSPS) is 39.4. The molecule has 0 radical (unpaired) electrons. The average Bonchev–Trinajstić information content (AvgIpc) is 2.75. The summed E-state index contributed by atoms with van der Waals surface area (Å²) in [6, 6.07) is 0. The number of carboxylic acid groups (broad SMARTS) is 1. The van der Waals surface area contributed by atoms with E-state index in [9.17, 15) is 9.90 Å². The van der Waals surface area contributed by atoms with Gasteiger partial charge in [-0.2, -0.15) is 0 Å². The van der Waals surface area contributed by atoms with Gasteiger partial charge < -0.3 is 20.3 Å². The van der Waals surface area contributed by atoms with E-state index in [-0.39, 0.29) is 5.92 Å². The van der Waals surface area contributed by atoms with Crippen LogP contribution in [-0.4, -0.2) is 47.6 Å². The number of ether oxygens (including phenoxy) is 1. The van der Waals surface area contributed by atoms with Crippen LogP contribution in [0, 0.1) is 11.8 Å². The van der Waals surface area contributed by atoms with Gasteiger partial charge in [0.2, 0.25) is 0 Å². The Hall–Kier alpha value is -0.650. The Morgan fingerprint density at radius 3 is 2.58 bits per heavy atom. The topological polar surface area (TPSA) is 78.8 Å². The number of hydrogen-bond acceptors (Lipinski definition) is 4. The SMILES string of the molecule is CC1OCCC1CNCC1(O)CCC(C(=O)O)CC1. The molecule has 1 heterocycles. The van der Waals surface area contributed by atoms with Gasteiger partial charge in [0, 0.05) is 19.7 Å². The first-order valence-corrected chi connectivity index (χ1v) is 7.28. The van der Waals surface area contributed by atoms with E-state index >= 15 is 0 Å². The summed E-state index contributed by atoms with van der Waals surface area (Å²) in [5, 5.41) is 22.7. The highest BCUT2D eigenvalue weighted by Gasteiger charge is 2.35. The fourth-order valence-electron chi connectivity index (χ4n) is 3.11. The third kappa shape index (κ3) is 3.91. The Morgan fingerprint density at radius 2 is 2.05 bits per heavy atom. The van der Waals surface area contributed by atoms with E-state index in [0.29, 0.717) is 44.2 Å². The van der Waals surface area contributed by atoms with Crippen LogP contribution in [0.3, 0.4) is 0 Å². The number of aliphatic hydroxyl groups is 1. The van der Waals surface area contributed by atoms with E-state index in [4.69, 9.17) is 9.84 Å². The van der Waals surface area contributed by atoms with Crippen molar-refractivity contribution in [2.24, 2.45) is 11.8 Å². The molecule has 2 aliphatic rings. The molecule has 2 fully saturated rings. The first-order chi connectivity index (χ1) is 9.00. The number of rotatable bonds is 5. The second-order valence-corrected chi connectivity index (χ2v) is 6.09. The Kier molecular flexibility index (Phi) is 4.81. The third-order valence-electron chi connectivity index (χ3n) is 4.66. The maximum absolute atomic E-state index is 10.9. The molecule has 19 heavy (non-hydrogen) atoms. The van der Waals surface area contributed by atoms with Crippen LogP contribution >= 0.6 is 0 Å². The summed E-state index contributed by atoms with van der Waals surface area (Å²) in [6.45, 7) is 4.35. The summed E-state index contributed by atoms with van der Waals surface area (Å²) >= 11 is 0. The van der Waals surface area contributed by atoms with Gasteiger partial charge in [0.25, 0.3) is 0 Å². The first-order valence-electron chi connectivity index (χ1n) is 7.28. The van der Waals surface area contributed by atoms with Gasteiger partial charge in [-0.3, -0.25) is 4.79 Å². The summed E-state index contributed by atoms with van der Waals surface area (Å²) in [5.74, 6) is -0.477. The quantitative estimate of drug-likeness (QED) is 0.695. The minimum atomic E-state index is -0.730. The van der Waals surface area contributed by atoms with Crippen LogP contribution in [0.1, 0.15) is 39.0 Å². The summed E-state index contributed by atoms with van der Waals surface area (Å²) < 4.78 is 5.51. The second kappa shape index (κ2) is 6.20. The highest BCUT2D eigenvalue weighted by Crippen LogP contribution is 2.32. The summed E-state index contributed by atoms with van der Waals surface area (Å²) in [5.41, 5.74) is -0.728. The lowest BCUT2D eigenvalue weighted by atomic mass is 9.79. The van der Waals surface area contributed by atoms with Crippen molar-refractivity contribution in [2.45, 2.75) is 50.7 Å². The van der Waals surface area contributed by atoms with Crippen molar-refractivity contribution in [2.75, 3.05) is 19.7 Å². The number of carboxylic acids is 1. The molecule has 2 unspecified atom stereocenters. The molecule has 0 aromatic rings. The molecular formula is C14H25NO4. The van der Waals surface area contributed by atoms with Crippen LogP contribution < -0.4 is 5.32 Å². The molecule has 1 aliphatic heterocycles. The molecule has 2 atom stereocenters. The molecule has 0 aromatic carbocycles. The highest BCUT2D eigenvalue weighted by atomic mass is 16.5. The molecule has 0 bridgehead atoms. The van der Waals surface area contributed by atoms with E-state index < -0.39 is 11.6 Å². The van der Waals surface area contributed by atoms with Crippen LogP contribution in [0.15, 0.2) is 0 Å². The van der Waals surface area contributed by atoms with Gasteiger partial charge in [0.1, 0.15) is 0 Å². The Labute approximate surface area is 114 Å². The zero-order valence-electron chi connectivity index (χ0n) is 11.6. The van der Waals surface area contributed by atoms with Crippen LogP contribution in [-0.2, 0) is 9.53 Å². The molecule has 1 aliphatic carbocycles. The lowest BCUT2D eigenvalue weighted by molar-refractivity contribution is -0.144. The van der Waals surface area contributed by atoms with Crippen LogP contribution in [0.4, 0.5) is 0 Å². The van der Waals surface area contributed by atoms with Gasteiger partial charge in [-0.15, -0.1) is 0 Å². The zero-order chi connectivity index (χ0) is 13.9. The first kappa shape index (κ1) is 14.8. The molecule has 0 amide bonds. The van der Waals surface area contributed by atoms with Crippen LogP contribution in [0.2, 0.25) is 0 Å². The minimum Gasteiger partial charge on any atom is -0.481 e. The smallest absolute Gasteiger partial charge is 0.306 e. The van der Waals surface area contributed by atoms with Crippen molar-refractivity contribution in [3.8, 4) is 0 Å². The van der Waals surface area contributed by atoms with Crippen molar-refractivity contribution < 1.29 is 19.7 Å². The second-order valence-electron chi connectivity index (χ2n) is 6.09. The predicted octanol–water partition coefficient (Wildman–Crippen LogP) is 1.01. The van der Waals surface area contributed by atoms with Gasteiger partial charge in [-0.1, -0.05) is 0 Å². The summed E-state index contributed by atoms with van der Waals surface area (Å²) in [4.78, 5) is 10.9. The van der Waals surface area contributed by atoms with E-state index in [1.807, 2.05) is 0 Å². The Morgan fingerprint density at radius 1 is 1.37 bits per heavy atom. The van der Waals surface area contributed by atoms with Crippen molar-refractivity contribution in [3.63, 3.8) is 0 Å². The number of carbonyl (C=O) groups is 1. The maximum Gasteiger partial charge on any atom is 0.306 e. The number of aliphatic carboxylic acids is 1. The molecule has 5 nitrogen and oxygen atoms in total. The van der Waals surface area contributed by atoms with E-state index in [1.54, 1.807) is 0 Å². The molecule has 110 valence electrons. The van der Waals surface area contributed by atoms with Gasteiger partial charge >= 0.3 is 5.97 Å². The summed E-state index contributed by atoms with van der Waals surface area (Å²) in [6.07, 6.45) is 3.69. The molecular weight excluding hydrogens is 246 g/mol. The number of hydrogen-bond donors (Lipinski definition) is 3. The van der Waals surface area contributed by atoms with Crippen molar-refractivity contribution >= 4 is 5.97 Å². The Balaban J connectivity index is 1.69. The van der Waals surface area contributed by atoms with E-state index in [0.717, 1.165) is 19.6 Å². The summed E-state index contributed by atoms with van der Waals surface area (Å²) in [7, 11) is 0. The lowest BCUT2D eigenvalue weighted by Crippen LogP contribution is -2.45. The van der Waals surface area contributed by atoms with Crippen molar-refractivity contribution in [1.82, 2.24) is 5.32 Å². The van der Waals surface area contributed by atoms with Crippen molar-refractivity contribution in [1.29, 1.82) is 0 Å². The minimum absolute atomic E-state index is 0.275. The van der Waals surface area contributed by atoms with Gasteiger partial charge in [0.15, 0.2) is 0 Å².